The minimum atomic E-state index is -2.73. The Bertz CT molecular complexity index is 897. The second-order valence-electron chi connectivity index (χ2n) is 8.00. The topological polar surface area (TPSA) is 46.3 Å². The number of amides is 1. The lowest BCUT2D eigenvalue weighted by atomic mass is 9.76. The van der Waals surface area contributed by atoms with Crippen molar-refractivity contribution in [2.24, 2.45) is 5.73 Å². The second-order valence-corrected chi connectivity index (χ2v) is 8.00. The Morgan fingerprint density at radius 3 is 2.38 bits per heavy atom. The van der Waals surface area contributed by atoms with Crippen LogP contribution in [-0.4, -0.2) is 35.5 Å². The molecule has 154 valence electrons. The van der Waals surface area contributed by atoms with Crippen LogP contribution in [0.25, 0.3) is 0 Å². The van der Waals surface area contributed by atoms with Crippen molar-refractivity contribution >= 4 is 5.91 Å². The summed E-state index contributed by atoms with van der Waals surface area (Å²) in [5.74, 6) is -4.42. The Kier molecular flexibility index (Phi) is 5.11. The van der Waals surface area contributed by atoms with E-state index in [0.29, 0.717) is 5.56 Å². The van der Waals surface area contributed by atoms with Crippen LogP contribution in [0.2, 0.25) is 0 Å². The summed E-state index contributed by atoms with van der Waals surface area (Å²) in [5.41, 5.74) is 7.07. The van der Waals surface area contributed by atoms with Gasteiger partial charge in [0.25, 0.3) is 0 Å². The zero-order chi connectivity index (χ0) is 20.8. The van der Waals surface area contributed by atoms with Gasteiger partial charge in [0.2, 0.25) is 11.8 Å². The van der Waals surface area contributed by atoms with Crippen LogP contribution >= 0.6 is 0 Å². The van der Waals surface area contributed by atoms with Gasteiger partial charge in [0, 0.05) is 25.8 Å². The van der Waals surface area contributed by atoms with Crippen LogP contribution < -0.4 is 5.73 Å². The van der Waals surface area contributed by atoms with Crippen LogP contribution in [0.15, 0.2) is 48.5 Å². The lowest BCUT2D eigenvalue weighted by molar-refractivity contribution is -0.122. The Morgan fingerprint density at radius 1 is 1.10 bits per heavy atom. The Labute approximate surface area is 166 Å². The van der Waals surface area contributed by atoms with Gasteiger partial charge in [-0.25, -0.2) is 17.6 Å². The monoisotopic (exact) mass is 406 g/mol. The molecule has 3 nitrogen and oxygen atoms in total. The first-order valence-corrected chi connectivity index (χ1v) is 9.66. The molecule has 1 aliphatic heterocycles. The van der Waals surface area contributed by atoms with Gasteiger partial charge >= 0.3 is 0 Å². The van der Waals surface area contributed by atoms with Gasteiger partial charge in [-0.1, -0.05) is 42.5 Å². The minimum Gasteiger partial charge on any atom is -0.368 e. The standard InChI is InChI=1S/C22H22F4N2O/c23-16-9-19(21(27)29)28(12-16)20(13-4-2-1-3-5-13)14-6-7-17(18(24)8-14)15-10-22(25,26)11-15/h1-8,15-16,19-20H,9-12H2,(H2,27,29)/t16?,19?,20-/m0/s1. The maximum atomic E-state index is 14.8. The highest BCUT2D eigenvalue weighted by Crippen LogP contribution is 2.49. The predicted octanol–water partition coefficient (Wildman–Crippen LogP) is 4.33. The Morgan fingerprint density at radius 2 is 1.79 bits per heavy atom. The van der Waals surface area contributed by atoms with Crippen molar-refractivity contribution in [1.82, 2.24) is 4.90 Å². The first kappa shape index (κ1) is 19.9. The van der Waals surface area contributed by atoms with Crippen LogP contribution in [-0.2, 0) is 4.79 Å². The van der Waals surface area contributed by atoms with E-state index in [1.165, 1.54) is 12.1 Å². The summed E-state index contributed by atoms with van der Waals surface area (Å²) in [4.78, 5) is 13.6. The number of carbonyl (C=O) groups excluding carboxylic acids is 1. The van der Waals surface area contributed by atoms with Gasteiger partial charge in [-0.05, 0) is 28.7 Å². The van der Waals surface area contributed by atoms with E-state index in [1.54, 1.807) is 11.0 Å². The molecule has 2 fully saturated rings. The van der Waals surface area contributed by atoms with E-state index in [2.05, 4.69) is 0 Å². The van der Waals surface area contributed by atoms with Crippen molar-refractivity contribution in [1.29, 1.82) is 0 Å². The van der Waals surface area contributed by atoms with E-state index < -0.39 is 41.8 Å². The molecule has 29 heavy (non-hydrogen) atoms. The zero-order valence-corrected chi connectivity index (χ0v) is 15.7. The maximum absolute atomic E-state index is 14.8. The number of nitrogens with zero attached hydrogens (tertiary/aromatic N) is 1. The number of likely N-dealkylation sites (tertiary alicyclic amines) is 1. The summed E-state index contributed by atoms with van der Waals surface area (Å²) in [6.45, 7) is 0.00534. The highest BCUT2D eigenvalue weighted by molar-refractivity contribution is 5.80. The molecule has 2 unspecified atom stereocenters. The first-order valence-electron chi connectivity index (χ1n) is 9.66. The number of hydrogen-bond donors (Lipinski definition) is 1. The smallest absolute Gasteiger partial charge is 0.249 e. The van der Waals surface area contributed by atoms with Crippen molar-refractivity contribution in [3.05, 3.63) is 71.0 Å². The number of carbonyl (C=O) groups is 1. The first-order chi connectivity index (χ1) is 13.7. The quantitative estimate of drug-likeness (QED) is 0.752. The van der Waals surface area contributed by atoms with Crippen molar-refractivity contribution in [3.63, 3.8) is 0 Å². The molecular formula is C22H22F4N2O. The molecule has 1 heterocycles. The number of alkyl halides is 3. The molecule has 3 atom stereocenters. The lowest BCUT2D eigenvalue weighted by Gasteiger charge is -2.36. The summed E-state index contributed by atoms with van der Waals surface area (Å²) in [7, 11) is 0. The normalized spacial score (nSPS) is 25.5. The van der Waals surface area contributed by atoms with Gasteiger partial charge in [-0.3, -0.25) is 9.69 Å². The largest absolute Gasteiger partial charge is 0.368 e. The molecule has 0 bridgehead atoms. The second kappa shape index (κ2) is 7.44. The zero-order valence-electron chi connectivity index (χ0n) is 15.7. The number of primary amides is 1. The van der Waals surface area contributed by atoms with Crippen molar-refractivity contribution < 1.29 is 22.4 Å². The van der Waals surface area contributed by atoms with Crippen molar-refractivity contribution in [2.45, 2.75) is 49.4 Å². The molecule has 1 amide bonds. The van der Waals surface area contributed by atoms with E-state index in [1.807, 2.05) is 30.3 Å². The molecule has 0 spiro atoms. The molecule has 2 aromatic rings. The average molecular weight is 406 g/mol. The van der Waals surface area contributed by atoms with E-state index >= 15 is 0 Å². The summed E-state index contributed by atoms with van der Waals surface area (Å²) in [6, 6.07) is 12.3. The molecule has 1 saturated heterocycles. The molecule has 7 heteroatoms. The third kappa shape index (κ3) is 3.88. The third-order valence-corrected chi connectivity index (χ3v) is 5.93. The highest BCUT2D eigenvalue weighted by atomic mass is 19.3. The Hall–Kier alpha value is -2.41. The number of benzene rings is 2. The number of halogens is 4. The molecule has 2 aromatic carbocycles. The van der Waals surface area contributed by atoms with Crippen LogP contribution in [0.4, 0.5) is 17.6 Å². The van der Waals surface area contributed by atoms with Gasteiger partial charge in [0.1, 0.15) is 12.0 Å². The van der Waals surface area contributed by atoms with E-state index in [4.69, 9.17) is 5.73 Å². The molecule has 2 aliphatic rings. The summed E-state index contributed by atoms with van der Waals surface area (Å²) >= 11 is 0. The fourth-order valence-electron chi connectivity index (χ4n) is 4.51. The number of rotatable bonds is 5. The molecular weight excluding hydrogens is 384 g/mol. The van der Waals surface area contributed by atoms with Gasteiger partial charge in [0.15, 0.2) is 0 Å². The van der Waals surface area contributed by atoms with E-state index in [9.17, 15) is 22.4 Å². The average Bonchev–Trinajstić information content (AvgIpc) is 3.03. The minimum absolute atomic E-state index is 0.00358. The number of nitrogens with two attached hydrogens (primary N) is 1. The third-order valence-electron chi connectivity index (χ3n) is 5.93. The number of hydrogen-bond acceptors (Lipinski definition) is 2. The van der Waals surface area contributed by atoms with Crippen LogP contribution in [0, 0.1) is 5.82 Å². The van der Waals surface area contributed by atoms with Crippen molar-refractivity contribution in [2.75, 3.05) is 6.54 Å². The summed E-state index contributed by atoms with van der Waals surface area (Å²) in [5, 5.41) is 0. The summed E-state index contributed by atoms with van der Waals surface area (Å²) < 4.78 is 55.4. The van der Waals surface area contributed by atoms with Crippen LogP contribution in [0.1, 0.15) is 47.9 Å². The molecule has 1 saturated carbocycles. The van der Waals surface area contributed by atoms with Crippen molar-refractivity contribution in [3.8, 4) is 0 Å². The van der Waals surface area contributed by atoms with E-state index in [-0.39, 0.29) is 31.4 Å². The lowest BCUT2D eigenvalue weighted by Crippen LogP contribution is -2.42. The Balaban J connectivity index is 1.71. The molecule has 4 rings (SSSR count). The highest BCUT2D eigenvalue weighted by Gasteiger charge is 2.47. The van der Waals surface area contributed by atoms with Gasteiger partial charge in [-0.2, -0.15) is 0 Å². The summed E-state index contributed by atoms with van der Waals surface area (Å²) in [6.07, 6.45) is -1.92. The fraction of sp³-hybridized carbons (Fsp3) is 0.409. The van der Waals surface area contributed by atoms with Gasteiger partial charge in [-0.15, -0.1) is 0 Å². The fourth-order valence-corrected chi connectivity index (χ4v) is 4.51. The maximum Gasteiger partial charge on any atom is 0.249 e. The van der Waals surface area contributed by atoms with Crippen LogP contribution in [0.3, 0.4) is 0 Å². The SMILES string of the molecule is NC(=O)C1CC(F)CN1[C@@H](c1ccccc1)c1ccc(C2CC(F)(F)C2)c(F)c1. The van der Waals surface area contributed by atoms with Gasteiger partial charge in [0.05, 0.1) is 12.1 Å². The van der Waals surface area contributed by atoms with Gasteiger partial charge < -0.3 is 5.73 Å². The molecule has 0 radical (unpaired) electrons. The molecule has 0 aromatic heterocycles. The van der Waals surface area contributed by atoms with E-state index in [0.717, 1.165) is 5.56 Å². The van der Waals surface area contributed by atoms with Crippen LogP contribution in [0.5, 0.6) is 0 Å². The molecule has 2 N–H and O–H groups in total. The molecule has 1 aliphatic carbocycles. The predicted molar refractivity (Wildman–Crippen MR) is 101 cm³/mol.